The zero-order valence-corrected chi connectivity index (χ0v) is 14.8. The van der Waals surface area contributed by atoms with Gasteiger partial charge in [-0.15, -0.1) is 11.3 Å². The quantitative estimate of drug-likeness (QED) is 0.755. The molecule has 1 fully saturated rings. The molecule has 2 aromatic heterocycles. The lowest BCUT2D eigenvalue weighted by atomic mass is 10.3. The van der Waals surface area contributed by atoms with Crippen molar-refractivity contribution in [3.63, 3.8) is 0 Å². The lowest BCUT2D eigenvalue weighted by Crippen LogP contribution is -2.32. The van der Waals surface area contributed by atoms with Crippen LogP contribution in [0.5, 0.6) is 0 Å². The molecular weight excluding hydrogens is 396 g/mol. The maximum absolute atomic E-state index is 12.8. The van der Waals surface area contributed by atoms with Crippen LogP contribution in [0.4, 0.5) is 0 Å². The monoisotopic (exact) mass is 406 g/mol. The van der Waals surface area contributed by atoms with Gasteiger partial charge in [0.15, 0.2) is 0 Å². The molecule has 3 rings (SSSR count). The van der Waals surface area contributed by atoms with Crippen LogP contribution in [0, 0.1) is 0 Å². The lowest BCUT2D eigenvalue weighted by molar-refractivity contribution is 0.400. The predicted molar refractivity (Wildman–Crippen MR) is 87.0 cm³/mol. The summed E-state index contributed by atoms with van der Waals surface area (Å²) in [5, 5.41) is 0.429. The molecule has 2 heterocycles. The number of rotatable bonds is 5. The third-order valence-corrected chi connectivity index (χ3v) is 8.05. The van der Waals surface area contributed by atoms with Crippen molar-refractivity contribution in [1.82, 2.24) is 9.29 Å². The standard InChI is InChI=1S/C13H12BrClN2O2S2/c14-13-11(15)7-12(20-13)21(18,19)17(10-1-2-10)8-9-3-5-16-6-4-9/h3-7,10H,1-2,8H2. The lowest BCUT2D eigenvalue weighted by Gasteiger charge is -2.21. The van der Waals surface area contributed by atoms with Gasteiger partial charge in [0.05, 0.1) is 8.81 Å². The molecule has 0 radical (unpaired) electrons. The second kappa shape index (κ2) is 5.96. The van der Waals surface area contributed by atoms with Crippen LogP contribution >= 0.6 is 38.9 Å². The molecule has 0 amide bonds. The molecule has 1 aliphatic rings. The molecule has 0 saturated heterocycles. The van der Waals surface area contributed by atoms with Gasteiger partial charge in [-0.05, 0) is 52.5 Å². The van der Waals surface area contributed by atoms with Crippen LogP contribution in [0.1, 0.15) is 18.4 Å². The van der Waals surface area contributed by atoms with Crippen molar-refractivity contribution in [3.8, 4) is 0 Å². The number of pyridine rings is 1. The number of thiophene rings is 1. The van der Waals surface area contributed by atoms with Crippen LogP contribution in [0.3, 0.4) is 0 Å². The molecule has 2 aromatic rings. The Bertz CT molecular complexity index is 725. The summed E-state index contributed by atoms with van der Waals surface area (Å²) in [6.45, 7) is 0.364. The summed E-state index contributed by atoms with van der Waals surface area (Å²) in [6, 6.07) is 5.26. The number of halogens is 2. The Labute approximate surface area is 140 Å². The average Bonchev–Trinajstić information content (AvgIpc) is 3.23. The molecule has 0 bridgehead atoms. The highest BCUT2D eigenvalue weighted by molar-refractivity contribution is 9.11. The Kier molecular flexibility index (Phi) is 4.38. The summed E-state index contributed by atoms with van der Waals surface area (Å²) in [6.07, 6.45) is 5.16. The highest BCUT2D eigenvalue weighted by Crippen LogP contribution is 2.39. The molecule has 1 aliphatic carbocycles. The van der Waals surface area contributed by atoms with Crippen molar-refractivity contribution in [2.75, 3.05) is 0 Å². The third kappa shape index (κ3) is 3.32. The highest BCUT2D eigenvalue weighted by Gasteiger charge is 2.39. The summed E-state index contributed by atoms with van der Waals surface area (Å²) in [5.74, 6) is 0. The van der Waals surface area contributed by atoms with Crippen LogP contribution in [0.15, 0.2) is 38.6 Å². The normalized spacial score (nSPS) is 15.6. The molecule has 0 N–H and O–H groups in total. The number of hydrogen-bond acceptors (Lipinski definition) is 4. The van der Waals surface area contributed by atoms with Gasteiger partial charge in [0.2, 0.25) is 0 Å². The second-order valence-corrected chi connectivity index (χ2v) is 9.72. The van der Waals surface area contributed by atoms with Gasteiger partial charge in [0, 0.05) is 25.0 Å². The Balaban J connectivity index is 1.93. The molecule has 0 unspecified atom stereocenters. The molecular formula is C13H12BrClN2O2S2. The Morgan fingerprint density at radius 2 is 2.05 bits per heavy atom. The first-order valence-electron chi connectivity index (χ1n) is 6.34. The van der Waals surface area contributed by atoms with E-state index in [1.54, 1.807) is 16.7 Å². The van der Waals surface area contributed by atoms with Crippen molar-refractivity contribution >= 4 is 48.9 Å². The predicted octanol–water partition coefficient (Wildman–Crippen LogP) is 3.91. The van der Waals surface area contributed by atoms with Gasteiger partial charge in [-0.1, -0.05) is 11.6 Å². The van der Waals surface area contributed by atoms with Crippen molar-refractivity contribution in [2.24, 2.45) is 0 Å². The minimum absolute atomic E-state index is 0.0859. The van der Waals surface area contributed by atoms with E-state index in [1.807, 2.05) is 12.1 Å². The first-order valence-corrected chi connectivity index (χ1v) is 9.77. The molecule has 112 valence electrons. The Morgan fingerprint density at radius 1 is 1.38 bits per heavy atom. The van der Waals surface area contributed by atoms with Crippen LogP contribution < -0.4 is 0 Å². The van der Waals surface area contributed by atoms with Crippen LogP contribution in [-0.4, -0.2) is 23.7 Å². The summed E-state index contributed by atoms with van der Waals surface area (Å²) >= 11 is 10.4. The van der Waals surface area contributed by atoms with Crippen molar-refractivity contribution in [1.29, 1.82) is 0 Å². The fourth-order valence-corrected chi connectivity index (χ4v) is 6.21. The molecule has 21 heavy (non-hydrogen) atoms. The first kappa shape index (κ1) is 15.4. The largest absolute Gasteiger partial charge is 0.265 e. The smallest absolute Gasteiger partial charge is 0.253 e. The topological polar surface area (TPSA) is 50.3 Å². The van der Waals surface area contributed by atoms with E-state index < -0.39 is 10.0 Å². The van der Waals surface area contributed by atoms with E-state index in [1.165, 1.54) is 6.07 Å². The van der Waals surface area contributed by atoms with E-state index in [9.17, 15) is 8.42 Å². The van der Waals surface area contributed by atoms with Gasteiger partial charge in [0.1, 0.15) is 4.21 Å². The van der Waals surface area contributed by atoms with E-state index in [2.05, 4.69) is 20.9 Å². The molecule has 8 heteroatoms. The van der Waals surface area contributed by atoms with E-state index in [-0.39, 0.29) is 10.3 Å². The molecule has 4 nitrogen and oxygen atoms in total. The molecule has 1 saturated carbocycles. The fourth-order valence-electron chi connectivity index (χ4n) is 2.01. The van der Waals surface area contributed by atoms with E-state index >= 15 is 0 Å². The molecule has 0 spiro atoms. The van der Waals surface area contributed by atoms with Gasteiger partial charge in [-0.25, -0.2) is 8.42 Å². The minimum Gasteiger partial charge on any atom is -0.265 e. The van der Waals surface area contributed by atoms with Gasteiger partial charge in [0.25, 0.3) is 10.0 Å². The van der Waals surface area contributed by atoms with Gasteiger partial charge in [-0.3, -0.25) is 4.98 Å². The number of hydrogen-bond donors (Lipinski definition) is 0. The van der Waals surface area contributed by atoms with Crippen LogP contribution in [0.25, 0.3) is 0 Å². The maximum atomic E-state index is 12.8. The average molecular weight is 408 g/mol. The molecule has 0 atom stereocenters. The third-order valence-electron chi connectivity index (χ3n) is 3.23. The van der Waals surface area contributed by atoms with E-state index in [0.29, 0.717) is 15.4 Å². The molecule has 0 aromatic carbocycles. The van der Waals surface area contributed by atoms with Crippen molar-refractivity contribution < 1.29 is 8.42 Å². The van der Waals surface area contributed by atoms with Gasteiger partial charge >= 0.3 is 0 Å². The van der Waals surface area contributed by atoms with Gasteiger partial charge in [-0.2, -0.15) is 4.31 Å². The highest BCUT2D eigenvalue weighted by atomic mass is 79.9. The molecule has 0 aliphatic heterocycles. The fraction of sp³-hybridized carbons (Fsp3) is 0.308. The number of aromatic nitrogens is 1. The van der Waals surface area contributed by atoms with Crippen molar-refractivity contribution in [2.45, 2.75) is 29.6 Å². The van der Waals surface area contributed by atoms with Crippen LogP contribution in [-0.2, 0) is 16.6 Å². The van der Waals surface area contributed by atoms with Crippen LogP contribution in [0.2, 0.25) is 5.02 Å². The maximum Gasteiger partial charge on any atom is 0.253 e. The number of nitrogens with zero attached hydrogens (tertiary/aromatic N) is 2. The Hall–Kier alpha value is -0.470. The van der Waals surface area contributed by atoms with E-state index in [4.69, 9.17) is 11.6 Å². The Morgan fingerprint density at radius 3 is 2.57 bits per heavy atom. The SMILES string of the molecule is O=S(=O)(c1cc(Cl)c(Br)s1)N(Cc1ccncc1)C1CC1. The zero-order chi connectivity index (χ0) is 15.0. The number of sulfonamides is 1. The van der Waals surface area contributed by atoms with Gasteiger partial charge < -0.3 is 0 Å². The van der Waals surface area contributed by atoms with E-state index in [0.717, 1.165) is 29.7 Å². The summed E-state index contributed by atoms with van der Waals surface area (Å²) in [4.78, 5) is 3.96. The minimum atomic E-state index is -3.52. The summed E-state index contributed by atoms with van der Waals surface area (Å²) in [5.41, 5.74) is 0.933. The summed E-state index contributed by atoms with van der Waals surface area (Å²) < 4.78 is 28.1. The second-order valence-electron chi connectivity index (χ2n) is 4.82. The first-order chi connectivity index (χ1) is 9.98. The summed E-state index contributed by atoms with van der Waals surface area (Å²) in [7, 11) is -3.52. The zero-order valence-electron chi connectivity index (χ0n) is 10.9. The van der Waals surface area contributed by atoms with Crippen molar-refractivity contribution in [3.05, 3.63) is 45.0 Å².